The molecule has 1 aromatic heterocycles. The molecule has 1 heterocycles. The Kier molecular flexibility index (Phi) is 3.91. The number of nitrogens with zero attached hydrogens (tertiary/aromatic N) is 1. The smallest absolute Gasteiger partial charge is 0.355 e. The first-order valence-electron chi connectivity index (χ1n) is 6.38. The van der Waals surface area contributed by atoms with Crippen molar-refractivity contribution >= 4 is 11.7 Å². The molecule has 1 saturated carbocycles. The Labute approximate surface area is 107 Å². The summed E-state index contributed by atoms with van der Waals surface area (Å²) in [4.78, 5) is 12.0. The minimum absolute atomic E-state index is 0.249. The molecule has 0 aromatic carbocycles. The molecule has 1 aliphatic rings. The fourth-order valence-electron chi connectivity index (χ4n) is 1.88. The zero-order chi connectivity index (χ0) is 13.1. The Balaban J connectivity index is 1.99. The van der Waals surface area contributed by atoms with E-state index in [1.54, 1.807) is 6.07 Å². The maximum atomic E-state index is 12.0. The van der Waals surface area contributed by atoms with E-state index in [1.807, 2.05) is 24.6 Å². The first-order valence-corrected chi connectivity index (χ1v) is 6.38. The fourth-order valence-corrected chi connectivity index (χ4v) is 1.88. The summed E-state index contributed by atoms with van der Waals surface area (Å²) in [6, 6.07) is 2.08. The van der Waals surface area contributed by atoms with Gasteiger partial charge in [-0.25, -0.2) is 4.79 Å². The second kappa shape index (κ2) is 5.44. The average Bonchev–Trinajstić information content (AvgIpc) is 3.09. The molecule has 5 nitrogen and oxygen atoms in total. The summed E-state index contributed by atoms with van der Waals surface area (Å²) in [6.45, 7) is 4.77. The summed E-state index contributed by atoms with van der Waals surface area (Å²) in [5.74, 6) is -0.328. The van der Waals surface area contributed by atoms with Crippen LogP contribution in [0.1, 0.15) is 43.2 Å². The molecule has 1 unspecified atom stereocenters. The largest absolute Gasteiger partial charge is 0.456 e. The highest BCUT2D eigenvalue weighted by Crippen LogP contribution is 2.37. The molecule has 0 saturated heterocycles. The summed E-state index contributed by atoms with van der Waals surface area (Å²) in [6.07, 6.45) is 3.76. The topological polar surface area (TPSA) is 66.5 Å². The summed E-state index contributed by atoms with van der Waals surface area (Å²) in [5, 5.41) is 0. The minimum atomic E-state index is -0.328. The lowest BCUT2D eigenvalue weighted by Gasteiger charge is -2.14. The third-order valence-corrected chi connectivity index (χ3v) is 2.88. The van der Waals surface area contributed by atoms with Gasteiger partial charge in [0, 0.05) is 18.8 Å². The fraction of sp³-hybridized carbons (Fsp3) is 0.615. The van der Waals surface area contributed by atoms with Gasteiger partial charge in [-0.2, -0.15) is 0 Å². The molecule has 0 bridgehead atoms. The normalized spacial score (nSPS) is 16.6. The lowest BCUT2D eigenvalue weighted by molar-refractivity contribution is 0.00345. The van der Waals surface area contributed by atoms with Crippen LogP contribution in [-0.4, -0.2) is 29.9 Å². The van der Waals surface area contributed by atoms with Gasteiger partial charge in [0.15, 0.2) is 0 Å². The van der Waals surface area contributed by atoms with Crippen LogP contribution in [0.2, 0.25) is 0 Å². The Bertz CT molecular complexity index is 424. The van der Waals surface area contributed by atoms with Gasteiger partial charge in [0.25, 0.3) is 0 Å². The molecule has 1 aromatic rings. The SMILES string of the molecule is CCOCC(C)OC(=O)c1cc(N)cn1C1CC1. The highest BCUT2D eigenvalue weighted by atomic mass is 16.6. The summed E-state index contributed by atoms with van der Waals surface area (Å²) in [5.41, 5.74) is 6.88. The molecule has 100 valence electrons. The van der Waals surface area contributed by atoms with Crippen molar-refractivity contribution < 1.29 is 14.3 Å². The van der Waals surface area contributed by atoms with Crippen molar-refractivity contribution in [2.75, 3.05) is 18.9 Å². The number of hydrogen-bond donors (Lipinski definition) is 1. The van der Waals surface area contributed by atoms with Gasteiger partial charge in [-0.15, -0.1) is 0 Å². The molecule has 1 fully saturated rings. The highest BCUT2D eigenvalue weighted by Gasteiger charge is 2.28. The molecular weight excluding hydrogens is 232 g/mol. The number of esters is 1. The molecule has 1 aliphatic carbocycles. The van der Waals surface area contributed by atoms with Crippen molar-refractivity contribution in [3.63, 3.8) is 0 Å². The van der Waals surface area contributed by atoms with Gasteiger partial charge >= 0.3 is 5.97 Å². The molecule has 0 radical (unpaired) electrons. The molecule has 1 atom stereocenters. The van der Waals surface area contributed by atoms with E-state index in [4.69, 9.17) is 15.2 Å². The van der Waals surface area contributed by atoms with E-state index in [0.29, 0.717) is 30.6 Å². The number of carbonyl (C=O) groups is 1. The van der Waals surface area contributed by atoms with E-state index in [2.05, 4.69) is 0 Å². The number of hydrogen-bond acceptors (Lipinski definition) is 4. The monoisotopic (exact) mass is 252 g/mol. The number of carbonyl (C=O) groups excluding carboxylic acids is 1. The van der Waals surface area contributed by atoms with Crippen LogP contribution in [0.5, 0.6) is 0 Å². The zero-order valence-corrected chi connectivity index (χ0v) is 10.9. The zero-order valence-electron chi connectivity index (χ0n) is 10.9. The lowest BCUT2D eigenvalue weighted by Crippen LogP contribution is -2.22. The van der Waals surface area contributed by atoms with Crippen LogP contribution in [0.3, 0.4) is 0 Å². The van der Waals surface area contributed by atoms with Crippen LogP contribution in [0.4, 0.5) is 5.69 Å². The molecule has 0 amide bonds. The number of ether oxygens (including phenoxy) is 2. The van der Waals surface area contributed by atoms with Crippen LogP contribution in [0, 0.1) is 0 Å². The number of nitrogens with two attached hydrogens (primary N) is 1. The Morgan fingerprint density at radius 2 is 2.33 bits per heavy atom. The van der Waals surface area contributed by atoms with Crippen molar-refractivity contribution in [1.29, 1.82) is 0 Å². The van der Waals surface area contributed by atoms with Gasteiger partial charge in [-0.3, -0.25) is 0 Å². The van der Waals surface area contributed by atoms with Crippen LogP contribution >= 0.6 is 0 Å². The lowest BCUT2D eigenvalue weighted by atomic mass is 10.4. The molecule has 2 rings (SSSR count). The number of rotatable bonds is 6. The summed E-state index contributed by atoms with van der Waals surface area (Å²) >= 11 is 0. The van der Waals surface area contributed by atoms with Crippen LogP contribution in [0.25, 0.3) is 0 Å². The van der Waals surface area contributed by atoms with Crippen LogP contribution in [0.15, 0.2) is 12.3 Å². The third kappa shape index (κ3) is 3.04. The summed E-state index contributed by atoms with van der Waals surface area (Å²) in [7, 11) is 0. The minimum Gasteiger partial charge on any atom is -0.456 e. The van der Waals surface area contributed by atoms with Crippen LogP contribution < -0.4 is 5.73 Å². The van der Waals surface area contributed by atoms with Crippen molar-refractivity contribution in [1.82, 2.24) is 4.57 Å². The summed E-state index contributed by atoms with van der Waals surface area (Å²) < 4.78 is 12.5. The first kappa shape index (κ1) is 13.0. The van der Waals surface area contributed by atoms with E-state index in [0.717, 1.165) is 12.8 Å². The molecule has 5 heteroatoms. The van der Waals surface area contributed by atoms with E-state index < -0.39 is 0 Å². The maximum Gasteiger partial charge on any atom is 0.355 e. The molecule has 0 aliphatic heterocycles. The van der Waals surface area contributed by atoms with Gasteiger partial charge in [0.05, 0.1) is 12.3 Å². The number of anilines is 1. The van der Waals surface area contributed by atoms with Gasteiger partial charge in [-0.1, -0.05) is 0 Å². The Hall–Kier alpha value is -1.49. The number of nitrogen functional groups attached to an aromatic ring is 1. The molecule has 18 heavy (non-hydrogen) atoms. The highest BCUT2D eigenvalue weighted by molar-refractivity contribution is 5.89. The maximum absolute atomic E-state index is 12.0. The predicted molar refractivity (Wildman–Crippen MR) is 68.5 cm³/mol. The molecule has 0 spiro atoms. The van der Waals surface area contributed by atoms with Crippen molar-refractivity contribution in [2.24, 2.45) is 0 Å². The average molecular weight is 252 g/mol. The van der Waals surface area contributed by atoms with Crippen molar-refractivity contribution in [3.05, 3.63) is 18.0 Å². The predicted octanol–water partition coefficient (Wildman–Crippen LogP) is 1.99. The van der Waals surface area contributed by atoms with E-state index in [-0.39, 0.29) is 12.1 Å². The van der Waals surface area contributed by atoms with Crippen molar-refractivity contribution in [2.45, 2.75) is 38.8 Å². The second-order valence-corrected chi connectivity index (χ2v) is 4.67. The standard InChI is InChI=1S/C13H20N2O3/c1-3-17-8-9(2)18-13(16)12-6-10(14)7-15(12)11-4-5-11/h6-7,9,11H,3-5,8,14H2,1-2H3. The van der Waals surface area contributed by atoms with E-state index in [9.17, 15) is 4.79 Å². The van der Waals surface area contributed by atoms with Crippen molar-refractivity contribution in [3.8, 4) is 0 Å². The third-order valence-electron chi connectivity index (χ3n) is 2.88. The van der Waals surface area contributed by atoms with E-state index in [1.165, 1.54) is 0 Å². The Morgan fingerprint density at radius 3 is 2.94 bits per heavy atom. The van der Waals surface area contributed by atoms with Gasteiger partial charge < -0.3 is 19.8 Å². The number of aromatic nitrogens is 1. The van der Waals surface area contributed by atoms with E-state index >= 15 is 0 Å². The first-order chi connectivity index (χ1) is 8.61. The molecule has 2 N–H and O–H groups in total. The van der Waals surface area contributed by atoms with Gasteiger partial charge in [0.1, 0.15) is 11.8 Å². The van der Waals surface area contributed by atoms with Gasteiger partial charge in [-0.05, 0) is 32.8 Å². The Morgan fingerprint density at radius 1 is 1.61 bits per heavy atom. The molecular formula is C13H20N2O3. The van der Waals surface area contributed by atoms with Crippen LogP contribution in [-0.2, 0) is 9.47 Å². The second-order valence-electron chi connectivity index (χ2n) is 4.67. The quantitative estimate of drug-likeness (QED) is 0.786. The van der Waals surface area contributed by atoms with Gasteiger partial charge in [0.2, 0.25) is 0 Å².